The highest BCUT2D eigenvalue weighted by molar-refractivity contribution is 5.82. The average Bonchev–Trinajstić information content (AvgIpc) is 2.29. The van der Waals surface area contributed by atoms with Crippen LogP contribution in [0.15, 0.2) is 18.3 Å². The average molecular weight is 234 g/mol. The molecule has 1 saturated heterocycles. The standard InChI is InChI=1S/C12H18N4O/c1-2-10-12(17)15-5-6-16(10)8-9-3-4-14-11(13)7-9/h3-4,7,10H,2,5-6,8H2,1H3,(H2,13,14)(H,15,17). The summed E-state index contributed by atoms with van der Waals surface area (Å²) < 4.78 is 0. The van der Waals surface area contributed by atoms with Crippen molar-refractivity contribution in [1.82, 2.24) is 15.2 Å². The summed E-state index contributed by atoms with van der Waals surface area (Å²) in [4.78, 5) is 17.9. The molecule has 1 fully saturated rings. The van der Waals surface area contributed by atoms with E-state index in [2.05, 4.69) is 15.2 Å². The lowest BCUT2D eigenvalue weighted by Gasteiger charge is -2.34. The zero-order valence-electron chi connectivity index (χ0n) is 10.0. The molecular formula is C12H18N4O. The third kappa shape index (κ3) is 2.74. The van der Waals surface area contributed by atoms with Crippen LogP contribution >= 0.6 is 0 Å². The molecule has 1 aromatic heterocycles. The number of carbonyl (C=O) groups is 1. The molecular weight excluding hydrogens is 216 g/mol. The number of aromatic nitrogens is 1. The maximum absolute atomic E-state index is 11.7. The van der Waals surface area contributed by atoms with E-state index in [1.807, 2.05) is 19.1 Å². The molecule has 1 aromatic rings. The van der Waals surface area contributed by atoms with Gasteiger partial charge in [0.25, 0.3) is 0 Å². The Hall–Kier alpha value is -1.62. The van der Waals surface area contributed by atoms with E-state index in [1.54, 1.807) is 6.20 Å². The van der Waals surface area contributed by atoms with Gasteiger partial charge in [0, 0.05) is 25.8 Å². The zero-order chi connectivity index (χ0) is 12.3. The summed E-state index contributed by atoms with van der Waals surface area (Å²) in [5.74, 6) is 0.651. The second kappa shape index (κ2) is 5.14. The van der Waals surface area contributed by atoms with E-state index in [0.717, 1.165) is 31.6 Å². The molecule has 0 saturated carbocycles. The molecule has 17 heavy (non-hydrogen) atoms. The number of piperazine rings is 1. The summed E-state index contributed by atoms with van der Waals surface area (Å²) in [7, 11) is 0. The van der Waals surface area contributed by atoms with Gasteiger partial charge in [0.15, 0.2) is 0 Å². The maximum atomic E-state index is 11.7. The Labute approximate surface area is 101 Å². The maximum Gasteiger partial charge on any atom is 0.237 e. The highest BCUT2D eigenvalue weighted by Gasteiger charge is 2.27. The predicted molar refractivity (Wildman–Crippen MR) is 66.1 cm³/mol. The molecule has 5 heteroatoms. The predicted octanol–water partition coefficient (Wildman–Crippen LogP) is 0.374. The number of nitrogens with one attached hydrogen (secondary N) is 1. The number of nitrogens with zero attached hydrogens (tertiary/aromatic N) is 2. The second-order valence-electron chi connectivity index (χ2n) is 4.27. The molecule has 0 radical (unpaired) electrons. The fraction of sp³-hybridized carbons (Fsp3) is 0.500. The molecule has 0 spiro atoms. The van der Waals surface area contributed by atoms with Crippen LogP contribution in [0.5, 0.6) is 0 Å². The normalized spacial score (nSPS) is 21.2. The number of hydrogen-bond acceptors (Lipinski definition) is 4. The van der Waals surface area contributed by atoms with Crippen molar-refractivity contribution in [3.05, 3.63) is 23.9 Å². The van der Waals surface area contributed by atoms with Crippen LogP contribution in [0.1, 0.15) is 18.9 Å². The van der Waals surface area contributed by atoms with E-state index < -0.39 is 0 Å². The van der Waals surface area contributed by atoms with Crippen LogP contribution in [0.25, 0.3) is 0 Å². The number of amides is 1. The number of nitrogens with two attached hydrogens (primary N) is 1. The molecule has 2 heterocycles. The van der Waals surface area contributed by atoms with E-state index in [0.29, 0.717) is 5.82 Å². The Bertz CT molecular complexity index is 407. The van der Waals surface area contributed by atoms with Gasteiger partial charge in [-0.15, -0.1) is 0 Å². The van der Waals surface area contributed by atoms with Crippen molar-refractivity contribution in [2.75, 3.05) is 18.8 Å². The lowest BCUT2D eigenvalue weighted by Crippen LogP contribution is -2.54. The summed E-state index contributed by atoms with van der Waals surface area (Å²) in [6.45, 7) is 4.38. The number of anilines is 1. The summed E-state index contributed by atoms with van der Waals surface area (Å²) >= 11 is 0. The molecule has 1 amide bonds. The molecule has 1 aliphatic rings. The van der Waals surface area contributed by atoms with Gasteiger partial charge in [0.05, 0.1) is 6.04 Å². The van der Waals surface area contributed by atoms with E-state index >= 15 is 0 Å². The molecule has 1 atom stereocenters. The van der Waals surface area contributed by atoms with Crippen molar-refractivity contribution in [2.45, 2.75) is 25.9 Å². The minimum absolute atomic E-state index is 0.0295. The summed E-state index contributed by atoms with van der Waals surface area (Å²) in [5.41, 5.74) is 6.75. The number of hydrogen-bond donors (Lipinski definition) is 2. The SMILES string of the molecule is CCC1C(=O)NCCN1Cc1ccnc(N)c1. The summed E-state index contributed by atoms with van der Waals surface area (Å²) in [6, 6.07) is 3.77. The number of pyridine rings is 1. The lowest BCUT2D eigenvalue weighted by atomic mass is 10.1. The van der Waals surface area contributed by atoms with Gasteiger partial charge >= 0.3 is 0 Å². The Balaban J connectivity index is 2.09. The third-order valence-electron chi connectivity index (χ3n) is 3.06. The molecule has 5 nitrogen and oxygen atoms in total. The van der Waals surface area contributed by atoms with Crippen molar-refractivity contribution < 1.29 is 4.79 Å². The Morgan fingerprint density at radius 3 is 3.18 bits per heavy atom. The number of rotatable bonds is 3. The molecule has 2 rings (SSSR count). The molecule has 3 N–H and O–H groups in total. The Morgan fingerprint density at radius 2 is 2.47 bits per heavy atom. The van der Waals surface area contributed by atoms with Gasteiger partial charge in [0.2, 0.25) is 5.91 Å². The van der Waals surface area contributed by atoms with Gasteiger partial charge < -0.3 is 11.1 Å². The van der Waals surface area contributed by atoms with E-state index in [-0.39, 0.29) is 11.9 Å². The van der Waals surface area contributed by atoms with Crippen LogP contribution < -0.4 is 11.1 Å². The van der Waals surface area contributed by atoms with Crippen LogP contribution in [-0.4, -0.2) is 34.9 Å². The van der Waals surface area contributed by atoms with Crippen molar-refractivity contribution in [2.24, 2.45) is 0 Å². The van der Waals surface area contributed by atoms with E-state index in [4.69, 9.17) is 5.73 Å². The topological polar surface area (TPSA) is 71.2 Å². The second-order valence-corrected chi connectivity index (χ2v) is 4.27. The van der Waals surface area contributed by atoms with Gasteiger partial charge in [0.1, 0.15) is 5.82 Å². The Kier molecular flexibility index (Phi) is 3.58. The summed E-state index contributed by atoms with van der Waals surface area (Å²) in [6.07, 6.45) is 2.53. The van der Waals surface area contributed by atoms with Crippen LogP contribution in [0, 0.1) is 0 Å². The van der Waals surface area contributed by atoms with Crippen molar-refractivity contribution >= 4 is 11.7 Å². The van der Waals surface area contributed by atoms with E-state index in [9.17, 15) is 4.79 Å². The van der Waals surface area contributed by atoms with Crippen molar-refractivity contribution in [1.29, 1.82) is 0 Å². The quantitative estimate of drug-likeness (QED) is 0.793. The van der Waals surface area contributed by atoms with Crippen LogP contribution in [0.3, 0.4) is 0 Å². The fourth-order valence-electron chi connectivity index (χ4n) is 2.22. The first-order valence-corrected chi connectivity index (χ1v) is 5.93. The molecule has 92 valence electrons. The van der Waals surface area contributed by atoms with Crippen molar-refractivity contribution in [3.8, 4) is 0 Å². The number of nitrogen functional groups attached to an aromatic ring is 1. The minimum atomic E-state index is -0.0295. The summed E-state index contributed by atoms with van der Waals surface area (Å²) in [5, 5.41) is 2.89. The van der Waals surface area contributed by atoms with Crippen LogP contribution in [-0.2, 0) is 11.3 Å². The third-order valence-corrected chi connectivity index (χ3v) is 3.06. The molecule has 1 unspecified atom stereocenters. The lowest BCUT2D eigenvalue weighted by molar-refractivity contribution is -0.129. The largest absolute Gasteiger partial charge is 0.384 e. The van der Waals surface area contributed by atoms with Crippen LogP contribution in [0.2, 0.25) is 0 Å². The van der Waals surface area contributed by atoms with Crippen molar-refractivity contribution in [3.63, 3.8) is 0 Å². The molecule has 1 aliphatic heterocycles. The fourth-order valence-corrected chi connectivity index (χ4v) is 2.22. The first kappa shape index (κ1) is 11.9. The first-order valence-electron chi connectivity index (χ1n) is 5.93. The van der Waals surface area contributed by atoms with Gasteiger partial charge in [-0.25, -0.2) is 4.98 Å². The highest BCUT2D eigenvalue weighted by atomic mass is 16.2. The van der Waals surface area contributed by atoms with E-state index in [1.165, 1.54) is 0 Å². The zero-order valence-corrected chi connectivity index (χ0v) is 10.0. The van der Waals surface area contributed by atoms with Gasteiger partial charge in [-0.2, -0.15) is 0 Å². The van der Waals surface area contributed by atoms with Crippen LogP contribution in [0.4, 0.5) is 5.82 Å². The smallest absolute Gasteiger partial charge is 0.237 e. The monoisotopic (exact) mass is 234 g/mol. The van der Waals surface area contributed by atoms with Gasteiger partial charge in [-0.1, -0.05) is 6.92 Å². The number of carbonyl (C=O) groups excluding carboxylic acids is 1. The Morgan fingerprint density at radius 1 is 1.65 bits per heavy atom. The molecule has 0 aromatic carbocycles. The minimum Gasteiger partial charge on any atom is -0.384 e. The van der Waals surface area contributed by atoms with Gasteiger partial charge in [-0.3, -0.25) is 9.69 Å². The van der Waals surface area contributed by atoms with Gasteiger partial charge in [-0.05, 0) is 24.1 Å². The molecule has 0 bridgehead atoms. The molecule has 0 aliphatic carbocycles. The first-order chi connectivity index (χ1) is 8.20. The highest BCUT2D eigenvalue weighted by Crippen LogP contribution is 2.14.